The number of ether oxygens (including phenoxy) is 1. The molecule has 0 bridgehead atoms. The number of rotatable bonds is 3. The van der Waals surface area contributed by atoms with Crippen molar-refractivity contribution in [3.8, 4) is 0 Å². The summed E-state index contributed by atoms with van der Waals surface area (Å²) < 4.78 is 17.5. The zero-order valence-electron chi connectivity index (χ0n) is 8.46. The van der Waals surface area contributed by atoms with Gasteiger partial charge in [-0.05, 0) is 19.8 Å². The summed E-state index contributed by atoms with van der Waals surface area (Å²) >= 11 is 0. The maximum absolute atomic E-state index is 12.6. The van der Waals surface area contributed by atoms with Crippen LogP contribution >= 0.6 is 0 Å². The third kappa shape index (κ3) is 1.75. The lowest BCUT2D eigenvalue weighted by atomic mass is 9.62. The minimum Gasteiger partial charge on any atom is -0.465 e. The standard InChI is InChI=1S/C10H16FNO2/c1-2-14-9(13)5-12-6-10(7-12)3-8(11)4-10/h8H,2-7H2,1H3. The molecule has 0 aromatic carbocycles. The Hall–Kier alpha value is -0.640. The van der Waals surface area contributed by atoms with Gasteiger partial charge in [0.05, 0.1) is 13.2 Å². The van der Waals surface area contributed by atoms with Crippen molar-refractivity contribution in [1.82, 2.24) is 4.90 Å². The summed E-state index contributed by atoms with van der Waals surface area (Å²) in [5.41, 5.74) is 0.214. The second-order valence-corrected chi connectivity index (χ2v) is 4.46. The number of carbonyl (C=O) groups is 1. The molecular weight excluding hydrogens is 185 g/mol. The fraction of sp³-hybridized carbons (Fsp3) is 0.900. The van der Waals surface area contributed by atoms with Crippen LogP contribution in [0.2, 0.25) is 0 Å². The van der Waals surface area contributed by atoms with Crippen molar-refractivity contribution in [2.45, 2.75) is 25.9 Å². The highest BCUT2D eigenvalue weighted by atomic mass is 19.1. The molecule has 1 heterocycles. The molecule has 2 rings (SSSR count). The average Bonchev–Trinajstić information content (AvgIpc) is 1.98. The molecule has 0 unspecified atom stereocenters. The number of nitrogens with zero attached hydrogens (tertiary/aromatic N) is 1. The second kappa shape index (κ2) is 3.50. The molecule has 0 aromatic rings. The molecule has 0 atom stereocenters. The molecule has 1 saturated heterocycles. The maximum Gasteiger partial charge on any atom is 0.320 e. The van der Waals surface area contributed by atoms with Crippen LogP contribution in [0.1, 0.15) is 19.8 Å². The first kappa shape index (κ1) is 9.90. The summed E-state index contributed by atoms with van der Waals surface area (Å²) in [6.45, 7) is 4.34. The average molecular weight is 201 g/mol. The minimum absolute atomic E-state index is 0.168. The Morgan fingerprint density at radius 1 is 1.57 bits per heavy atom. The van der Waals surface area contributed by atoms with Crippen LogP contribution in [0.25, 0.3) is 0 Å². The van der Waals surface area contributed by atoms with Gasteiger partial charge in [-0.25, -0.2) is 4.39 Å². The molecule has 4 heteroatoms. The van der Waals surface area contributed by atoms with Crippen molar-refractivity contribution in [2.75, 3.05) is 26.2 Å². The number of hydrogen-bond acceptors (Lipinski definition) is 3. The van der Waals surface area contributed by atoms with Gasteiger partial charge in [0.15, 0.2) is 0 Å². The van der Waals surface area contributed by atoms with E-state index in [0.29, 0.717) is 26.0 Å². The van der Waals surface area contributed by atoms with Crippen LogP contribution in [0, 0.1) is 5.41 Å². The Labute approximate surface area is 83.2 Å². The number of likely N-dealkylation sites (tertiary alicyclic amines) is 1. The number of esters is 1. The third-order valence-electron chi connectivity index (χ3n) is 3.09. The number of alkyl halides is 1. The predicted octanol–water partition coefficient (Wildman–Crippen LogP) is 0.983. The topological polar surface area (TPSA) is 29.5 Å². The van der Waals surface area contributed by atoms with E-state index in [2.05, 4.69) is 0 Å². The molecule has 0 N–H and O–H groups in total. The van der Waals surface area contributed by atoms with Crippen molar-refractivity contribution >= 4 is 5.97 Å². The highest BCUT2D eigenvalue weighted by Crippen LogP contribution is 2.49. The summed E-state index contributed by atoms with van der Waals surface area (Å²) in [4.78, 5) is 13.1. The Balaban J connectivity index is 1.66. The quantitative estimate of drug-likeness (QED) is 0.637. The molecule has 2 aliphatic rings. The molecule has 0 aromatic heterocycles. The van der Waals surface area contributed by atoms with Gasteiger partial charge in [-0.2, -0.15) is 0 Å². The van der Waals surface area contributed by atoms with E-state index < -0.39 is 6.17 Å². The normalized spacial score (nSPS) is 25.6. The third-order valence-corrected chi connectivity index (χ3v) is 3.09. The summed E-state index contributed by atoms with van der Waals surface area (Å²) in [6.07, 6.45) is 0.776. The van der Waals surface area contributed by atoms with Crippen LogP contribution in [0.4, 0.5) is 4.39 Å². The Bertz CT molecular complexity index is 230. The number of halogens is 1. The zero-order chi connectivity index (χ0) is 10.2. The van der Waals surface area contributed by atoms with Crippen LogP contribution in [0.3, 0.4) is 0 Å². The Morgan fingerprint density at radius 3 is 2.71 bits per heavy atom. The summed E-state index contributed by atoms with van der Waals surface area (Å²) in [7, 11) is 0. The summed E-state index contributed by atoms with van der Waals surface area (Å²) in [5.74, 6) is -0.168. The Kier molecular flexibility index (Phi) is 2.47. The van der Waals surface area contributed by atoms with Gasteiger partial charge in [0.2, 0.25) is 0 Å². The van der Waals surface area contributed by atoms with Crippen molar-refractivity contribution in [3.63, 3.8) is 0 Å². The van der Waals surface area contributed by atoms with Gasteiger partial charge >= 0.3 is 5.97 Å². The molecule has 2 fully saturated rings. The fourth-order valence-electron chi connectivity index (χ4n) is 2.54. The molecule has 1 aliphatic carbocycles. The molecule has 80 valence electrons. The lowest BCUT2D eigenvalue weighted by molar-refractivity contribution is -0.153. The van der Waals surface area contributed by atoms with Gasteiger partial charge < -0.3 is 4.74 Å². The zero-order valence-corrected chi connectivity index (χ0v) is 8.46. The summed E-state index contributed by atoms with van der Waals surface area (Å²) in [5, 5.41) is 0. The monoisotopic (exact) mass is 201 g/mol. The van der Waals surface area contributed by atoms with Crippen LogP contribution in [0.5, 0.6) is 0 Å². The van der Waals surface area contributed by atoms with Gasteiger partial charge in [-0.15, -0.1) is 0 Å². The molecule has 14 heavy (non-hydrogen) atoms. The molecule has 0 amide bonds. The lowest BCUT2D eigenvalue weighted by Gasteiger charge is -2.56. The van der Waals surface area contributed by atoms with Crippen molar-refractivity contribution in [2.24, 2.45) is 5.41 Å². The minimum atomic E-state index is -0.597. The molecule has 1 spiro atoms. The van der Waals surface area contributed by atoms with E-state index in [4.69, 9.17) is 4.74 Å². The first-order valence-electron chi connectivity index (χ1n) is 5.16. The first-order chi connectivity index (χ1) is 6.63. The molecule has 1 aliphatic heterocycles. The smallest absolute Gasteiger partial charge is 0.320 e. The van der Waals surface area contributed by atoms with Gasteiger partial charge in [-0.1, -0.05) is 0 Å². The van der Waals surface area contributed by atoms with Crippen LogP contribution in [-0.4, -0.2) is 43.3 Å². The first-order valence-corrected chi connectivity index (χ1v) is 5.16. The van der Waals surface area contributed by atoms with E-state index in [1.807, 2.05) is 4.90 Å². The van der Waals surface area contributed by atoms with E-state index in [1.54, 1.807) is 6.92 Å². The molecule has 3 nitrogen and oxygen atoms in total. The van der Waals surface area contributed by atoms with Gasteiger partial charge in [0.25, 0.3) is 0 Å². The van der Waals surface area contributed by atoms with Crippen LogP contribution < -0.4 is 0 Å². The van der Waals surface area contributed by atoms with Crippen molar-refractivity contribution in [3.05, 3.63) is 0 Å². The second-order valence-electron chi connectivity index (χ2n) is 4.46. The lowest BCUT2D eigenvalue weighted by Crippen LogP contribution is -2.63. The molecule has 0 radical (unpaired) electrons. The van der Waals surface area contributed by atoms with E-state index in [9.17, 15) is 9.18 Å². The van der Waals surface area contributed by atoms with E-state index in [1.165, 1.54) is 0 Å². The molecular formula is C10H16FNO2. The highest BCUT2D eigenvalue weighted by Gasteiger charge is 2.52. The predicted molar refractivity (Wildman–Crippen MR) is 49.6 cm³/mol. The van der Waals surface area contributed by atoms with Crippen molar-refractivity contribution < 1.29 is 13.9 Å². The highest BCUT2D eigenvalue weighted by molar-refractivity contribution is 5.71. The van der Waals surface area contributed by atoms with E-state index in [-0.39, 0.29) is 11.4 Å². The van der Waals surface area contributed by atoms with Gasteiger partial charge in [0.1, 0.15) is 6.17 Å². The van der Waals surface area contributed by atoms with Gasteiger partial charge in [0, 0.05) is 18.5 Å². The van der Waals surface area contributed by atoms with Crippen LogP contribution in [0.15, 0.2) is 0 Å². The Morgan fingerprint density at radius 2 is 2.21 bits per heavy atom. The van der Waals surface area contributed by atoms with E-state index >= 15 is 0 Å². The number of carbonyl (C=O) groups excluding carboxylic acids is 1. The van der Waals surface area contributed by atoms with Crippen LogP contribution in [-0.2, 0) is 9.53 Å². The van der Waals surface area contributed by atoms with Crippen molar-refractivity contribution in [1.29, 1.82) is 0 Å². The molecule has 1 saturated carbocycles. The van der Waals surface area contributed by atoms with Gasteiger partial charge in [-0.3, -0.25) is 9.69 Å². The fourth-order valence-corrected chi connectivity index (χ4v) is 2.54. The maximum atomic E-state index is 12.6. The largest absolute Gasteiger partial charge is 0.465 e. The SMILES string of the molecule is CCOC(=O)CN1CC2(CC(F)C2)C1. The number of hydrogen-bond donors (Lipinski definition) is 0. The van der Waals surface area contributed by atoms with E-state index in [0.717, 1.165) is 13.1 Å². The summed E-state index contributed by atoms with van der Waals surface area (Å²) in [6, 6.07) is 0.